The average molecular weight is 353 g/mol. The summed E-state index contributed by atoms with van der Waals surface area (Å²) in [4.78, 5) is 25.9. The Morgan fingerprint density at radius 2 is 2.00 bits per heavy atom. The molecule has 0 saturated carbocycles. The Labute approximate surface area is 147 Å². The van der Waals surface area contributed by atoms with E-state index in [1.54, 1.807) is 24.6 Å². The Morgan fingerprint density at radius 1 is 1.17 bits per heavy atom. The van der Waals surface area contributed by atoms with Crippen LogP contribution in [0, 0.1) is 13.8 Å². The number of carbonyl (C=O) groups excluding carboxylic acids is 1. The zero-order valence-electron chi connectivity index (χ0n) is 13.6. The number of Topliss-reactive ketones (excluding diaryl/α,β-unsaturated/α-hetero) is 1. The molecule has 24 heavy (non-hydrogen) atoms. The molecule has 0 unspecified atom stereocenters. The van der Waals surface area contributed by atoms with Crippen molar-refractivity contribution < 1.29 is 4.79 Å². The number of thioether (sulfide) groups is 1. The van der Waals surface area contributed by atoms with Crippen molar-refractivity contribution in [2.75, 3.05) is 5.75 Å². The van der Waals surface area contributed by atoms with Crippen LogP contribution in [0.1, 0.15) is 18.1 Å². The molecule has 120 valence electrons. The lowest BCUT2D eigenvalue weighted by Gasteiger charge is -2.03. The van der Waals surface area contributed by atoms with E-state index in [4.69, 9.17) is 4.98 Å². The van der Waals surface area contributed by atoms with E-state index in [1.807, 2.05) is 0 Å². The Bertz CT molecular complexity index is 1120. The van der Waals surface area contributed by atoms with Gasteiger partial charge in [-0.05, 0) is 38.5 Å². The summed E-state index contributed by atoms with van der Waals surface area (Å²) in [6.45, 7) is 5.78. The SMILES string of the molecule is CC(=O)CSc1ncnc2c1sc1nc3c(C)cc(C)cc3cc12. The average Bonchev–Trinajstić information content (AvgIpc) is 2.89. The van der Waals surface area contributed by atoms with Gasteiger partial charge in [0.2, 0.25) is 0 Å². The first-order chi connectivity index (χ1) is 11.5. The highest BCUT2D eigenvalue weighted by Crippen LogP contribution is 2.38. The van der Waals surface area contributed by atoms with Gasteiger partial charge in [0.25, 0.3) is 0 Å². The molecule has 3 aromatic heterocycles. The number of carbonyl (C=O) groups is 1. The fraction of sp³-hybridized carbons (Fsp3) is 0.222. The summed E-state index contributed by atoms with van der Waals surface area (Å²) in [5.74, 6) is 0.566. The lowest BCUT2D eigenvalue weighted by Crippen LogP contribution is -1.94. The van der Waals surface area contributed by atoms with Gasteiger partial charge in [-0.15, -0.1) is 11.3 Å². The highest BCUT2D eigenvalue weighted by molar-refractivity contribution is 8.00. The predicted octanol–water partition coefficient (Wildman–Crippen LogP) is 4.69. The molecule has 3 heterocycles. The van der Waals surface area contributed by atoms with Crippen LogP contribution in [0.3, 0.4) is 0 Å². The number of thiophene rings is 1. The molecule has 4 aromatic rings. The minimum atomic E-state index is 0.142. The van der Waals surface area contributed by atoms with Gasteiger partial charge in [0.15, 0.2) is 0 Å². The zero-order valence-corrected chi connectivity index (χ0v) is 15.2. The number of hydrogen-bond acceptors (Lipinski definition) is 6. The predicted molar refractivity (Wildman–Crippen MR) is 101 cm³/mol. The maximum Gasteiger partial charge on any atom is 0.140 e. The molecule has 0 radical (unpaired) electrons. The quantitative estimate of drug-likeness (QED) is 0.395. The standard InChI is InChI=1S/C18H15N3OS2/c1-9-4-10(2)14-12(5-9)6-13-15-16(24-17(13)21-14)18(20-8-19-15)23-7-11(3)22/h4-6,8H,7H2,1-3H3. The molecule has 0 aliphatic carbocycles. The lowest BCUT2D eigenvalue weighted by molar-refractivity contribution is -0.114. The minimum Gasteiger partial charge on any atom is -0.299 e. The molecule has 4 rings (SSSR count). The molecule has 0 spiro atoms. The van der Waals surface area contributed by atoms with E-state index in [0.717, 1.165) is 36.4 Å². The van der Waals surface area contributed by atoms with E-state index in [0.29, 0.717) is 5.75 Å². The Morgan fingerprint density at radius 3 is 2.79 bits per heavy atom. The van der Waals surface area contributed by atoms with Crippen molar-refractivity contribution in [3.05, 3.63) is 35.7 Å². The molecule has 0 aliphatic heterocycles. The number of nitrogens with zero attached hydrogens (tertiary/aromatic N) is 3. The van der Waals surface area contributed by atoms with E-state index in [9.17, 15) is 4.79 Å². The number of fused-ring (bicyclic) bond motifs is 4. The molecule has 0 bridgehead atoms. The van der Waals surface area contributed by atoms with E-state index in [1.165, 1.54) is 22.9 Å². The molecular formula is C18H15N3OS2. The van der Waals surface area contributed by atoms with Crippen molar-refractivity contribution in [1.29, 1.82) is 0 Å². The van der Waals surface area contributed by atoms with Gasteiger partial charge < -0.3 is 0 Å². The summed E-state index contributed by atoms with van der Waals surface area (Å²) >= 11 is 3.06. The maximum atomic E-state index is 11.3. The monoisotopic (exact) mass is 353 g/mol. The first-order valence-electron chi connectivity index (χ1n) is 7.60. The maximum absolute atomic E-state index is 11.3. The van der Waals surface area contributed by atoms with Crippen LogP contribution < -0.4 is 0 Å². The van der Waals surface area contributed by atoms with Crippen molar-refractivity contribution in [1.82, 2.24) is 15.0 Å². The number of hydrogen-bond donors (Lipinski definition) is 0. The molecule has 0 saturated heterocycles. The molecule has 0 aliphatic rings. The Hall–Kier alpha value is -2.05. The molecule has 0 atom stereocenters. The number of rotatable bonds is 3. The van der Waals surface area contributed by atoms with Gasteiger partial charge in [-0.25, -0.2) is 15.0 Å². The summed E-state index contributed by atoms with van der Waals surface area (Å²) in [5, 5.41) is 3.05. The molecule has 4 nitrogen and oxygen atoms in total. The molecular weight excluding hydrogens is 338 g/mol. The van der Waals surface area contributed by atoms with Crippen molar-refractivity contribution >= 4 is 60.2 Å². The fourth-order valence-corrected chi connectivity index (χ4v) is 4.88. The normalized spacial score (nSPS) is 11.6. The minimum absolute atomic E-state index is 0.142. The van der Waals surface area contributed by atoms with Gasteiger partial charge in [-0.1, -0.05) is 23.4 Å². The lowest BCUT2D eigenvalue weighted by atomic mass is 10.1. The molecule has 0 N–H and O–H groups in total. The third-order valence-corrected chi connectivity index (χ3v) is 6.21. The Balaban J connectivity index is 2.00. The van der Waals surface area contributed by atoms with Crippen LogP contribution in [0.2, 0.25) is 0 Å². The Kier molecular flexibility index (Phi) is 3.73. The zero-order chi connectivity index (χ0) is 16.8. The number of pyridine rings is 1. The topological polar surface area (TPSA) is 55.7 Å². The number of benzene rings is 1. The van der Waals surface area contributed by atoms with E-state index >= 15 is 0 Å². The first kappa shape index (κ1) is 15.5. The third-order valence-electron chi connectivity index (χ3n) is 3.86. The second-order valence-electron chi connectivity index (χ2n) is 5.94. The van der Waals surface area contributed by atoms with Crippen LogP contribution in [-0.4, -0.2) is 26.5 Å². The van der Waals surface area contributed by atoms with Crippen LogP contribution in [0.4, 0.5) is 0 Å². The van der Waals surface area contributed by atoms with Crippen LogP contribution >= 0.6 is 23.1 Å². The summed E-state index contributed by atoms with van der Waals surface area (Å²) in [5.41, 5.74) is 4.37. The van der Waals surface area contributed by atoms with Gasteiger partial charge in [-0.2, -0.15) is 0 Å². The number of aromatic nitrogens is 3. The van der Waals surface area contributed by atoms with Crippen LogP contribution in [-0.2, 0) is 4.79 Å². The van der Waals surface area contributed by atoms with Crippen molar-refractivity contribution in [3.8, 4) is 0 Å². The molecule has 6 heteroatoms. The summed E-state index contributed by atoms with van der Waals surface area (Å²) in [6.07, 6.45) is 1.57. The molecule has 0 fully saturated rings. The van der Waals surface area contributed by atoms with Gasteiger partial charge in [0, 0.05) is 10.8 Å². The molecule has 1 aromatic carbocycles. The van der Waals surface area contributed by atoms with Gasteiger partial charge in [0.05, 0.1) is 21.5 Å². The largest absolute Gasteiger partial charge is 0.299 e. The van der Waals surface area contributed by atoms with Gasteiger partial charge in [0.1, 0.15) is 22.0 Å². The van der Waals surface area contributed by atoms with Crippen LogP contribution in [0.25, 0.3) is 31.3 Å². The number of ketones is 1. The van der Waals surface area contributed by atoms with E-state index in [-0.39, 0.29) is 5.78 Å². The summed E-state index contributed by atoms with van der Waals surface area (Å²) < 4.78 is 1.01. The highest BCUT2D eigenvalue weighted by atomic mass is 32.2. The van der Waals surface area contributed by atoms with Crippen molar-refractivity contribution in [3.63, 3.8) is 0 Å². The molecule has 0 amide bonds. The second-order valence-corrected chi connectivity index (χ2v) is 7.91. The summed E-state index contributed by atoms with van der Waals surface area (Å²) in [6, 6.07) is 6.48. The van der Waals surface area contributed by atoms with Gasteiger partial charge >= 0.3 is 0 Å². The van der Waals surface area contributed by atoms with Crippen LogP contribution in [0.5, 0.6) is 0 Å². The van der Waals surface area contributed by atoms with Crippen molar-refractivity contribution in [2.24, 2.45) is 0 Å². The van der Waals surface area contributed by atoms with Gasteiger partial charge in [-0.3, -0.25) is 4.79 Å². The highest BCUT2D eigenvalue weighted by Gasteiger charge is 2.14. The fourth-order valence-electron chi connectivity index (χ4n) is 2.89. The second kappa shape index (κ2) is 5.79. The van der Waals surface area contributed by atoms with Crippen molar-refractivity contribution in [2.45, 2.75) is 25.8 Å². The van der Waals surface area contributed by atoms with Crippen LogP contribution in [0.15, 0.2) is 29.6 Å². The first-order valence-corrected chi connectivity index (χ1v) is 9.40. The number of aryl methyl sites for hydroxylation is 2. The van der Waals surface area contributed by atoms with E-state index in [2.05, 4.69) is 42.0 Å². The summed E-state index contributed by atoms with van der Waals surface area (Å²) in [7, 11) is 0. The van der Waals surface area contributed by atoms with E-state index < -0.39 is 0 Å². The third kappa shape index (κ3) is 2.56. The smallest absolute Gasteiger partial charge is 0.140 e.